The molecule has 2 heteroatoms. The van der Waals surface area contributed by atoms with Crippen molar-refractivity contribution in [2.24, 2.45) is 5.92 Å². The molecule has 1 N–H and O–H groups in total. The highest BCUT2D eigenvalue weighted by Gasteiger charge is 2.20. The van der Waals surface area contributed by atoms with Gasteiger partial charge >= 0.3 is 0 Å². The number of terminal acetylenes is 1. The minimum absolute atomic E-state index is 0.813. The van der Waals surface area contributed by atoms with E-state index in [9.17, 15) is 0 Å². The lowest BCUT2D eigenvalue weighted by Gasteiger charge is -2.11. The second-order valence-corrected chi connectivity index (χ2v) is 3.15. The average Bonchev–Trinajstić information content (AvgIpc) is 2.38. The number of likely N-dealkylation sites (tertiary alicyclic amines) is 1. The first-order valence-corrected chi connectivity index (χ1v) is 4.17. The van der Waals surface area contributed by atoms with Crippen LogP contribution in [-0.4, -0.2) is 38.1 Å². The maximum atomic E-state index is 5.22. The summed E-state index contributed by atoms with van der Waals surface area (Å²) in [5.41, 5.74) is 0. The van der Waals surface area contributed by atoms with Gasteiger partial charge in [0.1, 0.15) is 0 Å². The molecule has 1 aliphatic rings. The molecule has 11 heavy (non-hydrogen) atoms. The molecule has 0 aliphatic carbocycles. The van der Waals surface area contributed by atoms with Gasteiger partial charge in [-0.1, -0.05) is 5.92 Å². The number of nitrogens with one attached hydrogen (secondary N) is 1. The smallest absolute Gasteiger partial charge is 0.0599 e. The Morgan fingerprint density at radius 1 is 1.73 bits per heavy atom. The summed E-state index contributed by atoms with van der Waals surface area (Å²) < 4.78 is 0. The van der Waals surface area contributed by atoms with Crippen molar-refractivity contribution >= 4 is 0 Å². The molecule has 1 rings (SSSR count). The van der Waals surface area contributed by atoms with Gasteiger partial charge in [0.05, 0.1) is 6.54 Å². The van der Waals surface area contributed by atoms with Crippen molar-refractivity contribution in [3.8, 4) is 12.3 Å². The Hall–Kier alpha value is -0.520. The number of hydrogen-bond donors (Lipinski definition) is 1. The van der Waals surface area contributed by atoms with E-state index < -0.39 is 0 Å². The zero-order chi connectivity index (χ0) is 8.10. The lowest BCUT2D eigenvalue weighted by Crippen LogP contribution is -2.24. The van der Waals surface area contributed by atoms with Crippen LogP contribution >= 0.6 is 0 Å². The summed E-state index contributed by atoms with van der Waals surface area (Å²) in [5.74, 6) is 3.49. The Bertz CT molecular complexity index is 148. The topological polar surface area (TPSA) is 15.3 Å². The molecule has 0 radical (unpaired) electrons. The van der Waals surface area contributed by atoms with E-state index in [2.05, 4.69) is 16.1 Å². The standard InChI is InChI=1S/C9H16N2/c1-3-5-11-6-4-9(8-11)7-10-2/h1,9-10H,4-8H2,2H3. The molecule has 1 saturated heterocycles. The molecule has 0 aromatic carbocycles. The van der Waals surface area contributed by atoms with Gasteiger partial charge in [-0.2, -0.15) is 0 Å². The molecular weight excluding hydrogens is 136 g/mol. The molecule has 0 aromatic heterocycles. The Morgan fingerprint density at radius 3 is 3.18 bits per heavy atom. The molecule has 0 amide bonds. The van der Waals surface area contributed by atoms with Crippen molar-refractivity contribution in [3.63, 3.8) is 0 Å². The third kappa shape index (κ3) is 2.53. The van der Waals surface area contributed by atoms with E-state index in [-0.39, 0.29) is 0 Å². The normalized spacial score (nSPS) is 25.3. The first kappa shape index (κ1) is 8.58. The number of hydrogen-bond acceptors (Lipinski definition) is 2. The van der Waals surface area contributed by atoms with Crippen LogP contribution in [-0.2, 0) is 0 Å². The molecule has 1 heterocycles. The van der Waals surface area contributed by atoms with Crippen LogP contribution in [0.25, 0.3) is 0 Å². The van der Waals surface area contributed by atoms with Crippen molar-refractivity contribution in [2.45, 2.75) is 6.42 Å². The molecule has 0 bridgehead atoms. The highest BCUT2D eigenvalue weighted by atomic mass is 15.1. The van der Waals surface area contributed by atoms with Crippen LogP contribution in [0.4, 0.5) is 0 Å². The van der Waals surface area contributed by atoms with Gasteiger partial charge in [0.15, 0.2) is 0 Å². The molecule has 0 aromatic rings. The number of rotatable bonds is 3. The minimum Gasteiger partial charge on any atom is -0.319 e. The fraction of sp³-hybridized carbons (Fsp3) is 0.778. The van der Waals surface area contributed by atoms with E-state index in [1.54, 1.807) is 0 Å². The SMILES string of the molecule is C#CCN1CCC(CNC)C1. The highest BCUT2D eigenvalue weighted by molar-refractivity contribution is 4.91. The Kier molecular flexibility index (Phi) is 3.41. The lowest BCUT2D eigenvalue weighted by atomic mass is 10.1. The van der Waals surface area contributed by atoms with Crippen molar-refractivity contribution in [1.29, 1.82) is 0 Å². The zero-order valence-corrected chi connectivity index (χ0v) is 7.14. The van der Waals surface area contributed by atoms with Gasteiger partial charge in [-0.3, -0.25) is 4.90 Å². The van der Waals surface area contributed by atoms with Gasteiger partial charge in [-0.05, 0) is 32.5 Å². The molecule has 1 aliphatic heterocycles. The van der Waals surface area contributed by atoms with E-state index in [0.29, 0.717) is 0 Å². The maximum absolute atomic E-state index is 5.22. The summed E-state index contributed by atoms with van der Waals surface area (Å²) in [6, 6.07) is 0. The van der Waals surface area contributed by atoms with Crippen LogP contribution in [0.1, 0.15) is 6.42 Å². The fourth-order valence-corrected chi connectivity index (χ4v) is 1.64. The zero-order valence-electron chi connectivity index (χ0n) is 7.14. The molecular formula is C9H16N2. The van der Waals surface area contributed by atoms with Crippen molar-refractivity contribution < 1.29 is 0 Å². The van der Waals surface area contributed by atoms with Crippen LogP contribution in [0.2, 0.25) is 0 Å². The summed E-state index contributed by atoms with van der Waals surface area (Å²) in [6.45, 7) is 4.29. The predicted octanol–water partition coefficient (Wildman–Crippen LogP) is 0.161. The van der Waals surface area contributed by atoms with Gasteiger partial charge in [0.25, 0.3) is 0 Å². The second-order valence-electron chi connectivity index (χ2n) is 3.15. The third-order valence-corrected chi connectivity index (χ3v) is 2.18. The van der Waals surface area contributed by atoms with E-state index in [1.807, 2.05) is 7.05 Å². The first-order valence-electron chi connectivity index (χ1n) is 4.17. The van der Waals surface area contributed by atoms with Gasteiger partial charge in [0, 0.05) is 6.54 Å². The largest absolute Gasteiger partial charge is 0.319 e. The van der Waals surface area contributed by atoms with E-state index in [0.717, 1.165) is 19.0 Å². The van der Waals surface area contributed by atoms with E-state index in [4.69, 9.17) is 6.42 Å². The monoisotopic (exact) mass is 152 g/mol. The van der Waals surface area contributed by atoms with E-state index >= 15 is 0 Å². The minimum atomic E-state index is 0.813. The first-order chi connectivity index (χ1) is 5.36. The van der Waals surface area contributed by atoms with Crippen LogP contribution < -0.4 is 5.32 Å². The molecule has 62 valence electrons. The van der Waals surface area contributed by atoms with Crippen molar-refractivity contribution in [1.82, 2.24) is 10.2 Å². The van der Waals surface area contributed by atoms with Gasteiger partial charge in [-0.15, -0.1) is 6.42 Å². The summed E-state index contributed by atoms with van der Waals surface area (Å²) in [6.07, 6.45) is 6.51. The Morgan fingerprint density at radius 2 is 2.55 bits per heavy atom. The van der Waals surface area contributed by atoms with Crippen LogP contribution in [0.5, 0.6) is 0 Å². The molecule has 1 unspecified atom stereocenters. The van der Waals surface area contributed by atoms with Gasteiger partial charge in [0.2, 0.25) is 0 Å². The van der Waals surface area contributed by atoms with Gasteiger partial charge < -0.3 is 5.32 Å². The summed E-state index contributed by atoms with van der Waals surface area (Å²) in [7, 11) is 2.00. The van der Waals surface area contributed by atoms with E-state index in [1.165, 1.54) is 19.5 Å². The fourth-order valence-electron chi connectivity index (χ4n) is 1.64. The lowest BCUT2D eigenvalue weighted by molar-refractivity contribution is 0.362. The Balaban J connectivity index is 2.19. The van der Waals surface area contributed by atoms with Crippen LogP contribution in [0.15, 0.2) is 0 Å². The summed E-state index contributed by atoms with van der Waals surface area (Å²) in [5, 5.41) is 3.19. The maximum Gasteiger partial charge on any atom is 0.0599 e. The van der Waals surface area contributed by atoms with Crippen LogP contribution in [0.3, 0.4) is 0 Å². The third-order valence-electron chi connectivity index (χ3n) is 2.18. The van der Waals surface area contributed by atoms with Gasteiger partial charge in [-0.25, -0.2) is 0 Å². The van der Waals surface area contributed by atoms with Crippen molar-refractivity contribution in [3.05, 3.63) is 0 Å². The molecule has 1 fully saturated rings. The molecule has 0 saturated carbocycles. The predicted molar refractivity (Wildman–Crippen MR) is 47.3 cm³/mol. The Labute approximate surface area is 69.0 Å². The average molecular weight is 152 g/mol. The number of nitrogens with zero attached hydrogens (tertiary/aromatic N) is 1. The summed E-state index contributed by atoms with van der Waals surface area (Å²) in [4.78, 5) is 2.34. The van der Waals surface area contributed by atoms with Crippen LogP contribution in [0, 0.1) is 18.3 Å². The molecule has 1 atom stereocenters. The quantitative estimate of drug-likeness (QED) is 0.580. The molecule has 0 spiro atoms. The summed E-state index contributed by atoms with van der Waals surface area (Å²) >= 11 is 0. The second kappa shape index (κ2) is 4.38. The highest BCUT2D eigenvalue weighted by Crippen LogP contribution is 2.13. The van der Waals surface area contributed by atoms with Crippen molar-refractivity contribution in [2.75, 3.05) is 33.2 Å². The molecule has 2 nitrogen and oxygen atoms in total.